The number of nitrogens with zero attached hydrogens (tertiary/aromatic N) is 4. The van der Waals surface area contributed by atoms with Gasteiger partial charge in [-0.3, -0.25) is 14.3 Å². The zero-order chi connectivity index (χ0) is 33.3. The molecule has 0 saturated carbocycles. The Bertz CT molecular complexity index is 1910. The highest BCUT2D eigenvalue weighted by molar-refractivity contribution is 7.16. The molecule has 10 nitrogen and oxygen atoms in total. The number of thiophene rings is 1. The molecule has 1 saturated heterocycles. The molecule has 1 atom stereocenters. The van der Waals surface area contributed by atoms with Crippen LogP contribution in [-0.2, 0) is 4.74 Å². The fraction of sp³-hybridized carbons (Fsp3) is 0.314. The third-order valence-electron chi connectivity index (χ3n) is 7.81. The summed E-state index contributed by atoms with van der Waals surface area (Å²) < 4.78 is 20.0. The second kappa shape index (κ2) is 13.2. The standard InChI is InChI=1S/C35H36ClN5O5S/c1-21(25-8-5-9-28(31(25)36)45-24-12-15-40(16-13-24)34(43)46-35(2,3)4)44-29-18-30(47-32(29)33(37)42)41-20-39-26-17-22(10-11-27(26)41)23-7-6-14-38-19-23/h5-11,14,17-21,24H,12-13,15-16H2,1-4H3,(H2,37,42). The Hall–Kier alpha value is -4.61. The second-order valence-electron chi connectivity index (χ2n) is 12.4. The Morgan fingerprint density at radius 1 is 1.04 bits per heavy atom. The molecule has 47 heavy (non-hydrogen) atoms. The van der Waals surface area contributed by atoms with Crippen molar-refractivity contribution in [2.75, 3.05) is 13.1 Å². The van der Waals surface area contributed by atoms with E-state index in [4.69, 9.17) is 31.5 Å². The third kappa shape index (κ3) is 7.21. The number of carbonyl (C=O) groups excluding carboxylic acids is 2. The highest BCUT2D eigenvalue weighted by Crippen LogP contribution is 2.39. The number of benzene rings is 2. The van der Waals surface area contributed by atoms with E-state index < -0.39 is 17.6 Å². The van der Waals surface area contributed by atoms with Crippen LogP contribution in [0.25, 0.3) is 27.2 Å². The van der Waals surface area contributed by atoms with E-state index in [0.717, 1.165) is 27.2 Å². The molecule has 0 aliphatic carbocycles. The van der Waals surface area contributed by atoms with Gasteiger partial charge in [0.2, 0.25) is 0 Å². The summed E-state index contributed by atoms with van der Waals surface area (Å²) in [6, 6.07) is 17.2. The Balaban J connectivity index is 1.17. The normalized spacial score (nSPS) is 14.6. The van der Waals surface area contributed by atoms with Gasteiger partial charge >= 0.3 is 6.09 Å². The van der Waals surface area contributed by atoms with E-state index in [1.807, 2.05) is 87.0 Å². The fourth-order valence-corrected chi connectivity index (χ4v) is 6.74. The van der Waals surface area contributed by atoms with E-state index in [1.165, 1.54) is 11.3 Å². The van der Waals surface area contributed by atoms with E-state index >= 15 is 0 Å². The van der Waals surface area contributed by atoms with Crippen LogP contribution in [-0.4, -0.2) is 56.2 Å². The SMILES string of the molecule is CC(Oc1cc(-n2cnc3cc(-c4cccnc4)ccc32)sc1C(N)=O)c1cccc(OC2CCN(C(=O)OC(C)(C)C)CC2)c1Cl. The number of fused-ring (bicyclic) bond motifs is 1. The van der Waals surface area contributed by atoms with Gasteiger partial charge in [0.05, 0.1) is 16.1 Å². The van der Waals surface area contributed by atoms with Gasteiger partial charge in [-0.1, -0.05) is 35.9 Å². The number of hydrogen-bond donors (Lipinski definition) is 1. The maximum atomic E-state index is 12.5. The van der Waals surface area contributed by atoms with Gasteiger partial charge in [0.15, 0.2) is 0 Å². The van der Waals surface area contributed by atoms with Crippen molar-refractivity contribution < 1.29 is 23.8 Å². The number of imidazole rings is 1. The van der Waals surface area contributed by atoms with E-state index in [2.05, 4.69) is 9.97 Å². The Morgan fingerprint density at radius 2 is 1.83 bits per heavy atom. The number of pyridine rings is 1. The van der Waals surface area contributed by atoms with Crippen LogP contribution >= 0.6 is 22.9 Å². The summed E-state index contributed by atoms with van der Waals surface area (Å²) in [5.41, 5.74) is 9.63. The van der Waals surface area contributed by atoms with Crippen molar-refractivity contribution >= 4 is 46.0 Å². The average molecular weight is 674 g/mol. The molecule has 0 radical (unpaired) electrons. The van der Waals surface area contributed by atoms with E-state index in [0.29, 0.717) is 52.9 Å². The van der Waals surface area contributed by atoms with Crippen molar-refractivity contribution in [2.45, 2.75) is 58.3 Å². The van der Waals surface area contributed by atoms with Crippen LogP contribution in [0.3, 0.4) is 0 Å². The molecule has 1 aliphatic heterocycles. The van der Waals surface area contributed by atoms with Gasteiger partial charge < -0.3 is 24.8 Å². The molecule has 4 heterocycles. The number of piperidine rings is 1. The summed E-state index contributed by atoms with van der Waals surface area (Å²) in [7, 11) is 0. The molecule has 2 N–H and O–H groups in total. The van der Waals surface area contributed by atoms with Crippen molar-refractivity contribution in [3.05, 3.63) is 88.8 Å². The van der Waals surface area contributed by atoms with E-state index in [-0.39, 0.29) is 12.2 Å². The number of likely N-dealkylation sites (tertiary alicyclic amines) is 1. The van der Waals surface area contributed by atoms with Crippen molar-refractivity contribution in [2.24, 2.45) is 5.73 Å². The first kappa shape index (κ1) is 32.3. The first-order valence-corrected chi connectivity index (χ1v) is 16.6. The van der Waals surface area contributed by atoms with Crippen LogP contribution in [0.1, 0.15) is 61.9 Å². The topological polar surface area (TPSA) is 122 Å². The van der Waals surface area contributed by atoms with Crippen molar-refractivity contribution in [1.29, 1.82) is 0 Å². The van der Waals surface area contributed by atoms with Gasteiger partial charge in [-0.15, -0.1) is 11.3 Å². The third-order valence-corrected chi connectivity index (χ3v) is 9.35. The van der Waals surface area contributed by atoms with Crippen molar-refractivity contribution in [3.63, 3.8) is 0 Å². The molecule has 2 aromatic carbocycles. The highest BCUT2D eigenvalue weighted by atomic mass is 35.5. The Kier molecular flexibility index (Phi) is 9.11. The predicted octanol–water partition coefficient (Wildman–Crippen LogP) is 7.82. The van der Waals surface area contributed by atoms with Crippen molar-refractivity contribution in [3.8, 4) is 27.6 Å². The van der Waals surface area contributed by atoms with Crippen LogP contribution < -0.4 is 15.2 Å². The number of carbonyl (C=O) groups is 2. The van der Waals surface area contributed by atoms with Crippen LogP contribution in [0.2, 0.25) is 5.02 Å². The summed E-state index contributed by atoms with van der Waals surface area (Å²) in [6.45, 7) is 8.49. The molecule has 3 aromatic heterocycles. The lowest BCUT2D eigenvalue weighted by molar-refractivity contribution is 0.0126. The number of nitrogens with two attached hydrogens (primary N) is 1. The fourth-order valence-electron chi connectivity index (χ4n) is 5.49. The minimum Gasteiger partial charge on any atom is -0.489 e. The number of aromatic nitrogens is 3. The molecule has 244 valence electrons. The number of hydrogen-bond acceptors (Lipinski definition) is 8. The van der Waals surface area contributed by atoms with Gasteiger partial charge in [0.25, 0.3) is 5.91 Å². The summed E-state index contributed by atoms with van der Waals surface area (Å²) in [5, 5.41) is 1.16. The number of rotatable bonds is 8. The summed E-state index contributed by atoms with van der Waals surface area (Å²) in [4.78, 5) is 35.8. The predicted molar refractivity (Wildman–Crippen MR) is 183 cm³/mol. The molecule has 12 heteroatoms. The summed E-state index contributed by atoms with van der Waals surface area (Å²) in [6.07, 6.45) is 5.63. The molecule has 1 unspecified atom stereocenters. The minimum absolute atomic E-state index is 0.107. The highest BCUT2D eigenvalue weighted by Gasteiger charge is 2.29. The average Bonchev–Trinajstić information content (AvgIpc) is 3.66. The lowest BCUT2D eigenvalue weighted by Crippen LogP contribution is -2.44. The largest absolute Gasteiger partial charge is 0.489 e. The Labute approximate surface area is 282 Å². The van der Waals surface area contributed by atoms with E-state index in [9.17, 15) is 9.59 Å². The van der Waals surface area contributed by atoms with E-state index in [1.54, 1.807) is 23.5 Å². The quantitative estimate of drug-likeness (QED) is 0.178. The van der Waals surface area contributed by atoms with Gasteiger partial charge in [-0.2, -0.15) is 0 Å². The zero-order valence-corrected chi connectivity index (χ0v) is 28.2. The van der Waals surface area contributed by atoms with Crippen LogP contribution in [0, 0.1) is 0 Å². The lowest BCUT2D eigenvalue weighted by atomic mass is 10.1. The van der Waals surface area contributed by atoms with Gasteiger partial charge in [-0.05, 0) is 57.5 Å². The maximum Gasteiger partial charge on any atom is 0.410 e. The van der Waals surface area contributed by atoms with Crippen LogP contribution in [0.4, 0.5) is 4.79 Å². The maximum absolute atomic E-state index is 12.5. The molecule has 6 rings (SSSR count). The van der Waals surface area contributed by atoms with Crippen molar-refractivity contribution in [1.82, 2.24) is 19.4 Å². The van der Waals surface area contributed by atoms with Gasteiger partial charge in [-0.25, -0.2) is 9.78 Å². The molecule has 1 fully saturated rings. The number of halogens is 1. The molecule has 0 bridgehead atoms. The minimum atomic E-state index is -0.590. The molecular weight excluding hydrogens is 638 g/mol. The summed E-state index contributed by atoms with van der Waals surface area (Å²) >= 11 is 8.09. The summed E-state index contributed by atoms with van der Waals surface area (Å²) in [5.74, 6) is 0.301. The van der Waals surface area contributed by atoms with Gasteiger partial charge in [0, 0.05) is 55.5 Å². The smallest absolute Gasteiger partial charge is 0.410 e. The zero-order valence-electron chi connectivity index (χ0n) is 26.6. The Morgan fingerprint density at radius 3 is 2.53 bits per heavy atom. The van der Waals surface area contributed by atoms with Crippen LogP contribution in [0.15, 0.2) is 73.3 Å². The first-order chi connectivity index (χ1) is 22.5. The molecule has 2 amide bonds. The monoisotopic (exact) mass is 673 g/mol. The number of amides is 2. The second-order valence-corrected chi connectivity index (χ2v) is 13.8. The number of ether oxygens (including phenoxy) is 3. The van der Waals surface area contributed by atoms with Crippen LogP contribution in [0.5, 0.6) is 11.5 Å². The number of primary amides is 1. The first-order valence-electron chi connectivity index (χ1n) is 15.4. The molecular formula is C35H36ClN5O5S. The lowest BCUT2D eigenvalue weighted by Gasteiger charge is -2.33. The molecule has 5 aromatic rings. The van der Waals surface area contributed by atoms with Gasteiger partial charge in [0.1, 0.15) is 45.5 Å². The molecule has 0 spiro atoms. The molecule has 1 aliphatic rings.